The summed E-state index contributed by atoms with van der Waals surface area (Å²) in [7, 11) is 0. The fourth-order valence-corrected chi connectivity index (χ4v) is 3.66. The minimum absolute atomic E-state index is 0.149. The second-order valence-electron chi connectivity index (χ2n) is 6.43. The van der Waals surface area contributed by atoms with Crippen molar-refractivity contribution < 1.29 is 5.11 Å². The van der Waals surface area contributed by atoms with Crippen molar-refractivity contribution >= 4 is 11.4 Å². The van der Waals surface area contributed by atoms with Crippen molar-refractivity contribution in [1.29, 1.82) is 0 Å². The smallest absolute Gasteiger partial charge is 0.0604 e. The minimum atomic E-state index is 0.149. The summed E-state index contributed by atoms with van der Waals surface area (Å²) in [6.07, 6.45) is 2.54. The summed E-state index contributed by atoms with van der Waals surface area (Å²) in [4.78, 5) is 0. The van der Waals surface area contributed by atoms with Crippen molar-refractivity contribution in [3.63, 3.8) is 0 Å². The molecule has 1 aliphatic heterocycles. The Morgan fingerprint density at radius 1 is 1.00 bits per heavy atom. The molecule has 0 aromatic heterocycles. The number of aliphatic hydroxyl groups is 1. The van der Waals surface area contributed by atoms with Gasteiger partial charge in [0, 0.05) is 23.3 Å². The van der Waals surface area contributed by atoms with Crippen LogP contribution in [0.25, 0.3) is 0 Å². The Morgan fingerprint density at radius 2 is 1.73 bits per heavy atom. The predicted octanol–water partition coefficient (Wildman–Crippen LogP) is 3.65. The van der Waals surface area contributed by atoms with Crippen LogP contribution < -0.4 is 10.6 Å². The number of hydrogen-bond donors (Lipinski definition) is 3. The quantitative estimate of drug-likeness (QED) is 0.806. The molecule has 2 aromatic rings. The highest BCUT2D eigenvalue weighted by atomic mass is 16.3. The van der Waals surface area contributed by atoms with E-state index in [4.69, 9.17) is 0 Å². The van der Waals surface area contributed by atoms with Crippen molar-refractivity contribution in [2.45, 2.75) is 24.9 Å². The van der Waals surface area contributed by atoms with Crippen LogP contribution in [-0.2, 0) is 0 Å². The number of anilines is 2. The zero-order chi connectivity index (χ0) is 14.9. The summed E-state index contributed by atoms with van der Waals surface area (Å²) in [5.41, 5.74) is 3.57. The van der Waals surface area contributed by atoms with Crippen LogP contribution in [0.15, 0.2) is 54.6 Å². The molecule has 1 heterocycles. The van der Waals surface area contributed by atoms with Crippen LogP contribution in [0, 0.1) is 11.8 Å². The normalized spacial score (nSPS) is 26.9. The van der Waals surface area contributed by atoms with Crippen molar-refractivity contribution in [2.24, 2.45) is 11.8 Å². The molecule has 0 radical (unpaired) electrons. The van der Waals surface area contributed by atoms with Crippen LogP contribution in [0.1, 0.15) is 24.4 Å². The van der Waals surface area contributed by atoms with Crippen LogP contribution in [0.5, 0.6) is 0 Å². The molecule has 3 heteroatoms. The Hall–Kier alpha value is -2.00. The van der Waals surface area contributed by atoms with Gasteiger partial charge in [0.2, 0.25) is 0 Å². The van der Waals surface area contributed by atoms with Gasteiger partial charge in [0.15, 0.2) is 0 Å². The molecule has 1 aliphatic carbocycles. The first-order valence-electron chi connectivity index (χ1n) is 8.15. The SMILES string of the molecule is OC[C@@H]1C(Nc2ccccc2)c2ccccc2NC1C1CC1. The van der Waals surface area contributed by atoms with Gasteiger partial charge in [0.25, 0.3) is 0 Å². The number of aliphatic hydroxyl groups excluding tert-OH is 1. The van der Waals surface area contributed by atoms with Gasteiger partial charge in [-0.15, -0.1) is 0 Å². The van der Waals surface area contributed by atoms with E-state index in [1.807, 2.05) is 18.2 Å². The topological polar surface area (TPSA) is 44.3 Å². The Bertz CT molecular complexity index is 639. The first kappa shape index (κ1) is 13.6. The van der Waals surface area contributed by atoms with Gasteiger partial charge in [-0.1, -0.05) is 36.4 Å². The Balaban J connectivity index is 1.71. The van der Waals surface area contributed by atoms with Crippen molar-refractivity contribution in [1.82, 2.24) is 0 Å². The molecular formula is C19H22N2O. The molecule has 3 atom stereocenters. The number of para-hydroxylation sites is 2. The van der Waals surface area contributed by atoms with Crippen LogP contribution >= 0.6 is 0 Å². The molecule has 4 rings (SSSR count). The molecule has 3 nitrogen and oxygen atoms in total. The molecule has 114 valence electrons. The molecule has 0 saturated heterocycles. The minimum Gasteiger partial charge on any atom is -0.396 e. The zero-order valence-electron chi connectivity index (χ0n) is 12.6. The average molecular weight is 294 g/mol. The largest absolute Gasteiger partial charge is 0.396 e. The maximum atomic E-state index is 10.0. The molecule has 0 spiro atoms. The van der Waals surface area contributed by atoms with Crippen molar-refractivity contribution in [3.8, 4) is 0 Å². The van der Waals surface area contributed by atoms with Gasteiger partial charge in [0.1, 0.15) is 0 Å². The molecule has 1 saturated carbocycles. The molecule has 1 fully saturated rings. The van der Waals surface area contributed by atoms with E-state index in [0.717, 1.165) is 5.69 Å². The first-order valence-corrected chi connectivity index (χ1v) is 8.15. The third-order valence-corrected chi connectivity index (χ3v) is 4.94. The summed E-state index contributed by atoms with van der Waals surface area (Å²) in [6, 6.07) is 19.3. The molecule has 2 aromatic carbocycles. The second-order valence-corrected chi connectivity index (χ2v) is 6.43. The van der Waals surface area contributed by atoms with E-state index >= 15 is 0 Å². The van der Waals surface area contributed by atoms with E-state index < -0.39 is 0 Å². The Morgan fingerprint density at radius 3 is 2.45 bits per heavy atom. The lowest BCUT2D eigenvalue weighted by Gasteiger charge is -2.41. The fraction of sp³-hybridized carbons (Fsp3) is 0.368. The van der Waals surface area contributed by atoms with Crippen LogP contribution in [-0.4, -0.2) is 17.8 Å². The van der Waals surface area contributed by atoms with Crippen LogP contribution in [0.3, 0.4) is 0 Å². The van der Waals surface area contributed by atoms with Crippen LogP contribution in [0.4, 0.5) is 11.4 Å². The number of hydrogen-bond acceptors (Lipinski definition) is 3. The lowest BCUT2D eigenvalue weighted by molar-refractivity contribution is 0.181. The Labute approximate surface area is 131 Å². The second kappa shape index (κ2) is 5.65. The first-order chi connectivity index (χ1) is 10.9. The lowest BCUT2D eigenvalue weighted by atomic mass is 9.80. The van der Waals surface area contributed by atoms with Gasteiger partial charge in [0.05, 0.1) is 12.6 Å². The standard InChI is InChI=1S/C19H22N2O/c22-12-16-18(13-10-11-13)21-17-9-5-4-8-15(17)19(16)20-14-6-2-1-3-7-14/h1-9,13,16,18-22H,10-12H2/t16-,18?,19?/m0/s1. The number of rotatable bonds is 4. The molecule has 3 N–H and O–H groups in total. The number of benzene rings is 2. The highest BCUT2D eigenvalue weighted by molar-refractivity contribution is 5.59. The van der Waals surface area contributed by atoms with Gasteiger partial charge in [-0.05, 0) is 42.5 Å². The maximum Gasteiger partial charge on any atom is 0.0604 e. The van der Waals surface area contributed by atoms with Crippen molar-refractivity contribution in [3.05, 3.63) is 60.2 Å². The van der Waals surface area contributed by atoms with Gasteiger partial charge < -0.3 is 15.7 Å². The monoisotopic (exact) mass is 294 g/mol. The molecule has 0 amide bonds. The molecule has 22 heavy (non-hydrogen) atoms. The molecule has 0 bridgehead atoms. The summed E-state index contributed by atoms with van der Waals surface area (Å²) in [5, 5.41) is 17.4. The van der Waals surface area contributed by atoms with E-state index in [-0.39, 0.29) is 18.6 Å². The zero-order valence-corrected chi connectivity index (χ0v) is 12.6. The van der Waals surface area contributed by atoms with Gasteiger partial charge in [-0.2, -0.15) is 0 Å². The highest BCUT2D eigenvalue weighted by Gasteiger charge is 2.43. The van der Waals surface area contributed by atoms with E-state index in [9.17, 15) is 5.11 Å². The highest BCUT2D eigenvalue weighted by Crippen LogP contribution is 2.46. The summed E-state index contributed by atoms with van der Waals surface area (Å²) < 4.78 is 0. The van der Waals surface area contributed by atoms with E-state index in [1.165, 1.54) is 24.1 Å². The third-order valence-electron chi connectivity index (χ3n) is 4.94. The average Bonchev–Trinajstić information content (AvgIpc) is 3.40. The molecule has 2 unspecified atom stereocenters. The summed E-state index contributed by atoms with van der Waals surface area (Å²) in [6.45, 7) is 0.201. The van der Waals surface area contributed by atoms with E-state index in [1.54, 1.807) is 0 Å². The van der Waals surface area contributed by atoms with Crippen LogP contribution in [0.2, 0.25) is 0 Å². The number of nitrogens with one attached hydrogen (secondary N) is 2. The lowest BCUT2D eigenvalue weighted by Crippen LogP contribution is -2.43. The maximum absolute atomic E-state index is 10.0. The number of fused-ring (bicyclic) bond motifs is 1. The summed E-state index contributed by atoms with van der Waals surface area (Å²) in [5.74, 6) is 0.896. The fourth-order valence-electron chi connectivity index (χ4n) is 3.66. The summed E-state index contributed by atoms with van der Waals surface area (Å²) >= 11 is 0. The van der Waals surface area contributed by atoms with E-state index in [2.05, 4.69) is 47.0 Å². The van der Waals surface area contributed by atoms with Crippen molar-refractivity contribution in [2.75, 3.05) is 17.2 Å². The Kier molecular flexibility index (Phi) is 3.51. The third kappa shape index (κ3) is 2.46. The van der Waals surface area contributed by atoms with Gasteiger partial charge >= 0.3 is 0 Å². The molecular weight excluding hydrogens is 272 g/mol. The van der Waals surface area contributed by atoms with Gasteiger partial charge in [-0.25, -0.2) is 0 Å². The predicted molar refractivity (Wildman–Crippen MR) is 90.0 cm³/mol. The van der Waals surface area contributed by atoms with E-state index in [0.29, 0.717) is 12.0 Å². The van der Waals surface area contributed by atoms with Gasteiger partial charge in [-0.3, -0.25) is 0 Å². The molecule has 2 aliphatic rings.